The maximum Gasteiger partial charge on any atom is 0.161 e. The minimum absolute atomic E-state index is 0.491. The van der Waals surface area contributed by atoms with Crippen molar-refractivity contribution in [2.45, 2.75) is 19.6 Å². The molecule has 0 bridgehead atoms. The minimum atomic E-state index is 0.491. The zero-order chi connectivity index (χ0) is 17.9. The van der Waals surface area contributed by atoms with E-state index in [4.69, 9.17) is 9.47 Å². The van der Waals surface area contributed by atoms with Crippen molar-refractivity contribution in [3.63, 3.8) is 0 Å². The fraction of sp³-hybridized carbons (Fsp3) is 0.250. The molecule has 0 saturated carbocycles. The number of fused-ring (bicyclic) bond motifs is 1. The van der Waals surface area contributed by atoms with Crippen LogP contribution in [0.25, 0.3) is 11.3 Å². The highest BCUT2D eigenvalue weighted by molar-refractivity contribution is 9.10. The van der Waals surface area contributed by atoms with Crippen LogP contribution in [0.15, 0.2) is 46.9 Å². The van der Waals surface area contributed by atoms with Crippen molar-refractivity contribution in [2.75, 3.05) is 13.7 Å². The summed E-state index contributed by atoms with van der Waals surface area (Å²) in [7, 11) is 1.66. The Morgan fingerprint density at radius 2 is 1.96 bits per heavy atom. The van der Waals surface area contributed by atoms with Crippen LogP contribution in [0.5, 0.6) is 11.5 Å². The van der Waals surface area contributed by atoms with E-state index in [1.807, 2.05) is 42.5 Å². The molecule has 0 unspecified atom stereocenters. The summed E-state index contributed by atoms with van der Waals surface area (Å²) in [5.41, 5.74) is 5.56. The quantitative estimate of drug-likeness (QED) is 0.661. The fourth-order valence-corrected chi connectivity index (χ4v) is 3.40. The Hall–Kier alpha value is -2.31. The van der Waals surface area contributed by atoms with E-state index in [1.54, 1.807) is 7.11 Å². The molecule has 2 N–H and O–H groups in total. The van der Waals surface area contributed by atoms with E-state index in [9.17, 15) is 0 Å². The molecule has 4 rings (SSSR count). The van der Waals surface area contributed by atoms with Crippen LogP contribution in [0.3, 0.4) is 0 Å². The molecule has 1 aromatic heterocycles. The molecule has 0 amide bonds. The summed E-state index contributed by atoms with van der Waals surface area (Å²) in [4.78, 5) is 0. The van der Waals surface area contributed by atoms with Crippen molar-refractivity contribution in [1.29, 1.82) is 0 Å². The first-order chi connectivity index (χ1) is 12.7. The maximum absolute atomic E-state index is 5.96. The van der Waals surface area contributed by atoms with Crippen molar-refractivity contribution in [3.05, 3.63) is 63.8 Å². The van der Waals surface area contributed by atoms with Crippen LogP contribution in [-0.2, 0) is 19.6 Å². The SMILES string of the molecule is COc1cc(-c2n[nH]c3c2CNCC3)ccc1OCc1ccc(Br)cc1. The summed E-state index contributed by atoms with van der Waals surface area (Å²) < 4.78 is 12.6. The van der Waals surface area contributed by atoms with Crippen molar-refractivity contribution < 1.29 is 9.47 Å². The molecule has 1 aliphatic rings. The molecule has 2 aromatic carbocycles. The smallest absolute Gasteiger partial charge is 0.161 e. The van der Waals surface area contributed by atoms with Gasteiger partial charge < -0.3 is 14.8 Å². The van der Waals surface area contributed by atoms with E-state index in [0.717, 1.165) is 46.6 Å². The molecule has 5 nitrogen and oxygen atoms in total. The molecule has 26 heavy (non-hydrogen) atoms. The second-order valence-corrected chi connectivity index (χ2v) is 7.15. The molecule has 0 spiro atoms. The maximum atomic E-state index is 5.96. The molecule has 0 saturated heterocycles. The number of H-pyrrole nitrogens is 1. The average Bonchev–Trinajstić information content (AvgIpc) is 3.11. The number of halogens is 1. The predicted molar refractivity (Wildman–Crippen MR) is 104 cm³/mol. The molecular weight excluding hydrogens is 394 g/mol. The first-order valence-corrected chi connectivity index (χ1v) is 9.36. The Kier molecular flexibility index (Phi) is 4.95. The molecule has 3 aromatic rings. The van der Waals surface area contributed by atoms with E-state index in [1.165, 1.54) is 11.3 Å². The monoisotopic (exact) mass is 413 g/mol. The summed E-state index contributed by atoms with van der Waals surface area (Å²) >= 11 is 3.44. The Morgan fingerprint density at radius 1 is 1.12 bits per heavy atom. The number of nitrogens with zero attached hydrogens (tertiary/aromatic N) is 1. The molecule has 134 valence electrons. The molecule has 6 heteroatoms. The van der Waals surface area contributed by atoms with Crippen LogP contribution in [0.4, 0.5) is 0 Å². The standard InChI is InChI=1S/C20H20BrN3O2/c1-25-19-10-14(20-16-11-22-9-8-17(16)23-24-20)4-7-18(19)26-12-13-2-5-15(21)6-3-13/h2-7,10,22H,8-9,11-12H2,1H3,(H,23,24). The molecule has 0 radical (unpaired) electrons. The zero-order valence-corrected chi connectivity index (χ0v) is 16.1. The lowest BCUT2D eigenvalue weighted by Crippen LogP contribution is -2.23. The van der Waals surface area contributed by atoms with E-state index in [2.05, 4.69) is 31.4 Å². The van der Waals surface area contributed by atoms with Gasteiger partial charge in [-0.25, -0.2) is 0 Å². The Balaban J connectivity index is 1.56. The molecule has 1 aliphatic heterocycles. The van der Waals surface area contributed by atoms with Crippen LogP contribution < -0.4 is 14.8 Å². The van der Waals surface area contributed by atoms with Gasteiger partial charge in [0, 0.05) is 40.8 Å². The van der Waals surface area contributed by atoms with Crippen LogP contribution in [-0.4, -0.2) is 23.9 Å². The van der Waals surface area contributed by atoms with Crippen LogP contribution in [0, 0.1) is 0 Å². The zero-order valence-electron chi connectivity index (χ0n) is 14.5. The first-order valence-electron chi connectivity index (χ1n) is 8.57. The highest BCUT2D eigenvalue weighted by Crippen LogP contribution is 2.34. The van der Waals surface area contributed by atoms with E-state index >= 15 is 0 Å². The normalized spacial score (nSPS) is 13.3. The highest BCUT2D eigenvalue weighted by atomic mass is 79.9. The summed E-state index contributed by atoms with van der Waals surface area (Å²) in [5.74, 6) is 1.43. The third kappa shape index (κ3) is 3.48. The molecule has 0 fully saturated rings. The summed E-state index contributed by atoms with van der Waals surface area (Å²) in [6, 6.07) is 14.1. The summed E-state index contributed by atoms with van der Waals surface area (Å²) in [6.07, 6.45) is 0.980. The molecule has 0 atom stereocenters. The number of methoxy groups -OCH3 is 1. The third-order valence-corrected chi connectivity index (χ3v) is 5.08. The van der Waals surface area contributed by atoms with Crippen molar-refractivity contribution >= 4 is 15.9 Å². The molecule has 0 aliphatic carbocycles. The lowest BCUT2D eigenvalue weighted by molar-refractivity contribution is 0.284. The van der Waals surface area contributed by atoms with E-state index in [0.29, 0.717) is 12.4 Å². The van der Waals surface area contributed by atoms with Gasteiger partial charge in [-0.1, -0.05) is 28.1 Å². The van der Waals surface area contributed by atoms with Gasteiger partial charge in [0.2, 0.25) is 0 Å². The highest BCUT2D eigenvalue weighted by Gasteiger charge is 2.18. The van der Waals surface area contributed by atoms with Gasteiger partial charge >= 0.3 is 0 Å². The number of nitrogens with one attached hydrogen (secondary N) is 2. The summed E-state index contributed by atoms with van der Waals surface area (Å²) in [6.45, 7) is 2.32. The predicted octanol–water partition coefficient (Wildman–Crippen LogP) is 4.07. The number of hydrogen-bond donors (Lipinski definition) is 2. The van der Waals surface area contributed by atoms with Crippen LogP contribution in [0.1, 0.15) is 16.8 Å². The molecule has 2 heterocycles. The van der Waals surface area contributed by atoms with Crippen LogP contribution in [0.2, 0.25) is 0 Å². The first kappa shape index (κ1) is 17.1. The number of ether oxygens (including phenoxy) is 2. The van der Waals surface area contributed by atoms with Gasteiger partial charge in [0.1, 0.15) is 6.61 Å². The number of rotatable bonds is 5. The Bertz CT molecular complexity index is 906. The largest absolute Gasteiger partial charge is 0.493 e. The minimum Gasteiger partial charge on any atom is -0.493 e. The summed E-state index contributed by atoms with van der Waals surface area (Å²) in [5, 5.41) is 11.1. The van der Waals surface area contributed by atoms with Crippen LogP contribution >= 0.6 is 15.9 Å². The van der Waals surface area contributed by atoms with E-state index in [-0.39, 0.29) is 0 Å². The van der Waals surface area contributed by atoms with Gasteiger partial charge in [-0.05, 0) is 35.9 Å². The lowest BCUT2D eigenvalue weighted by atomic mass is 10.0. The second-order valence-electron chi connectivity index (χ2n) is 6.24. The van der Waals surface area contributed by atoms with Gasteiger partial charge in [0.25, 0.3) is 0 Å². The van der Waals surface area contributed by atoms with Crippen molar-refractivity contribution in [2.24, 2.45) is 0 Å². The lowest BCUT2D eigenvalue weighted by Gasteiger charge is -2.14. The fourth-order valence-electron chi connectivity index (χ4n) is 3.14. The Labute approximate surface area is 160 Å². The van der Waals surface area contributed by atoms with Gasteiger partial charge in [0.15, 0.2) is 11.5 Å². The van der Waals surface area contributed by atoms with Gasteiger partial charge in [-0.2, -0.15) is 5.10 Å². The molecular formula is C20H20BrN3O2. The van der Waals surface area contributed by atoms with E-state index < -0.39 is 0 Å². The van der Waals surface area contributed by atoms with Crippen molar-refractivity contribution in [1.82, 2.24) is 15.5 Å². The second kappa shape index (κ2) is 7.51. The topological polar surface area (TPSA) is 59.2 Å². The number of aromatic nitrogens is 2. The van der Waals surface area contributed by atoms with Gasteiger partial charge in [-0.15, -0.1) is 0 Å². The van der Waals surface area contributed by atoms with Gasteiger partial charge in [-0.3, -0.25) is 5.10 Å². The average molecular weight is 414 g/mol. The number of hydrogen-bond acceptors (Lipinski definition) is 4. The Morgan fingerprint density at radius 3 is 2.77 bits per heavy atom. The van der Waals surface area contributed by atoms with Gasteiger partial charge in [0.05, 0.1) is 12.8 Å². The number of benzene rings is 2. The number of aromatic amines is 1. The van der Waals surface area contributed by atoms with Crippen molar-refractivity contribution in [3.8, 4) is 22.8 Å². The third-order valence-electron chi connectivity index (χ3n) is 4.55.